The van der Waals surface area contributed by atoms with E-state index < -0.39 is 0 Å². The molecule has 1 saturated carbocycles. The number of thiol groups is 1. The molecule has 0 amide bonds. The van der Waals surface area contributed by atoms with Gasteiger partial charge in [-0.25, -0.2) is 4.79 Å². The molecule has 1 fully saturated rings. The van der Waals surface area contributed by atoms with Crippen molar-refractivity contribution in [2.24, 2.45) is 5.92 Å². The second-order valence-corrected chi connectivity index (χ2v) is 5.78. The van der Waals surface area contributed by atoms with Crippen LogP contribution in [0, 0.1) is 5.92 Å². The first-order valence-corrected chi connectivity index (χ1v) is 7.06. The van der Waals surface area contributed by atoms with Crippen molar-refractivity contribution in [3.63, 3.8) is 0 Å². The van der Waals surface area contributed by atoms with E-state index in [-0.39, 0.29) is 5.97 Å². The summed E-state index contributed by atoms with van der Waals surface area (Å²) in [5.74, 6) is 0.491. The van der Waals surface area contributed by atoms with E-state index >= 15 is 0 Å². The molecular formula is C13H15BrO2S. The third kappa shape index (κ3) is 3.49. The lowest BCUT2D eigenvalue weighted by Crippen LogP contribution is -2.15. The Labute approximate surface area is 115 Å². The quantitative estimate of drug-likeness (QED) is 0.669. The summed E-state index contributed by atoms with van der Waals surface area (Å²) >= 11 is 7.60. The summed E-state index contributed by atoms with van der Waals surface area (Å²) in [4.78, 5) is 12.4. The maximum atomic E-state index is 11.8. The summed E-state index contributed by atoms with van der Waals surface area (Å²) in [6.07, 6.45) is 4.89. The minimum atomic E-state index is -0.276. The van der Waals surface area contributed by atoms with Crippen molar-refractivity contribution in [1.82, 2.24) is 0 Å². The van der Waals surface area contributed by atoms with E-state index in [1.807, 2.05) is 6.07 Å². The van der Waals surface area contributed by atoms with Gasteiger partial charge in [-0.05, 0) is 30.5 Å². The highest BCUT2D eigenvalue weighted by atomic mass is 79.9. The van der Waals surface area contributed by atoms with E-state index in [1.54, 1.807) is 12.1 Å². The number of carbonyl (C=O) groups is 1. The van der Waals surface area contributed by atoms with Gasteiger partial charge in [0.15, 0.2) is 0 Å². The van der Waals surface area contributed by atoms with Crippen LogP contribution >= 0.6 is 28.6 Å². The Morgan fingerprint density at radius 3 is 2.82 bits per heavy atom. The molecule has 2 rings (SSSR count). The first-order chi connectivity index (χ1) is 8.16. The Morgan fingerprint density at radius 1 is 1.47 bits per heavy atom. The van der Waals surface area contributed by atoms with E-state index in [0.29, 0.717) is 17.1 Å². The summed E-state index contributed by atoms with van der Waals surface area (Å²) in [6, 6.07) is 5.35. The maximum Gasteiger partial charge on any atom is 0.339 e. The van der Waals surface area contributed by atoms with Crippen LogP contribution in [0.25, 0.3) is 0 Å². The van der Waals surface area contributed by atoms with Crippen LogP contribution in [0.1, 0.15) is 36.0 Å². The average Bonchev–Trinajstić information content (AvgIpc) is 2.21. The van der Waals surface area contributed by atoms with Gasteiger partial charge in [0.1, 0.15) is 0 Å². The van der Waals surface area contributed by atoms with Gasteiger partial charge in [-0.1, -0.05) is 35.2 Å². The Hall–Kier alpha value is -0.480. The minimum absolute atomic E-state index is 0.276. The van der Waals surface area contributed by atoms with Gasteiger partial charge in [0.05, 0.1) is 12.2 Å². The molecule has 4 heteroatoms. The molecule has 1 aromatic carbocycles. The zero-order chi connectivity index (χ0) is 12.3. The third-order valence-corrected chi connectivity index (χ3v) is 4.03. The van der Waals surface area contributed by atoms with E-state index in [4.69, 9.17) is 4.74 Å². The Morgan fingerprint density at radius 2 is 2.24 bits per heavy atom. The van der Waals surface area contributed by atoms with Crippen LogP contribution in [0.5, 0.6) is 0 Å². The molecule has 2 nitrogen and oxygen atoms in total. The number of benzene rings is 1. The van der Waals surface area contributed by atoms with Crippen molar-refractivity contribution in [2.75, 3.05) is 6.61 Å². The van der Waals surface area contributed by atoms with Crippen LogP contribution in [0.3, 0.4) is 0 Å². The number of halogens is 1. The molecule has 0 atom stereocenters. The number of esters is 1. The highest BCUT2D eigenvalue weighted by Gasteiger charge is 2.18. The van der Waals surface area contributed by atoms with Crippen molar-refractivity contribution in [1.29, 1.82) is 0 Å². The van der Waals surface area contributed by atoms with Gasteiger partial charge in [-0.2, -0.15) is 0 Å². The second-order valence-electron chi connectivity index (χ2n) is 4.38. The normalized spacial score (nSPS) is 15.4. The van der Waals surface area contributed by atoms with E-state index in [0.717, 1.165) is 16.8 Å². The monoisotopic (exact) mass is 314 g/mol. The molecule has 0 aliphatic heterocycles. The van der Waals surface area contributed by atoms with Gasteiger partial charge in [0, 0.05) is 9.37 Å². The summed E-state index contributed by atoms with van der Waals surface area (Å²) in [5.41, 5.74) is 0.533. The van der Waals surface area contributed by atoms with Crippen LogP contribution in [0.4, 0.5) is 0 Å². The standard InChI is InChI=1S/C13H15BrO2S/c14-10-4-5-11(12(17)8-10)13(15)16-7-6-9-2-1-3-9/h4-5,8-9,17H,1-3,6-7H2. The summed E-state index contributed by atoms with van der Waals surface area (Å²) in [6.45, 7) is 0.521. The van der Waals surface area contributed by atoms with Crippen LogP contribution in [0.2, 0.25) is 0 Å². The number of hydrogen-bond donors (Lipinski definition) is 1. The van der Waals surface area contributed by atoms with E-state index in [9.17, 15) is 4.79 Å². The lowest BCUT2D eigenvalue weighted by Gasteiger charge is -2.24. The SMILES string of the molecule is O=C(OCCC1CCC1)c1ccc(Br)cc1S. The van der Waals surface area contributed by atoms with E-state index in [2.05, 4.69) is 28.6 Å². The molecule has 17 heavy (non-hydrogen) atoms. The predicted molar refractivity (Wildman–Crippen MR) is 73.6 cm³/mol. The van der Waals surface area contributed by atoms with E-state index in [1.165, 1.54) is 19.3 Å². The maximum absolute atomic E-state index is 11.8. The Bertz CT molecular complexity index is 416. The number of ether oxygens (including phenoxy) is 1. The summed E-state index contributed by atoms with van der Waals surface area (Å²) in [5, 5.41) is 0. The van der Waals surface area contributed by atoms with Gasteiger partial charge < -0.3 is 4.74 Å². The van der Waals surface area contributed by atoms with Gasteiger partial charge in [0.2, 0.25) is 0 Å². The molecule has 92 valence electrons. The fourth-order valence-electron chi connectivity index (χ4n) is 1.85. The fourth-order valence-corrected chi connectivity index (χ4v) is 2.70. The number of rotatable bonds is 4. The van der Waals surface area contributed by atoms with Crippen LogP contribution in [0.15, 0.2) is 27.6 Å². The summed E-state index contributed by atoms with van der Waals surface area (Å²) in [7, 11) is 0. The Kier molecular flexibility index (Phi) is 4.51. The molecule has 0 N–H and O–H groups in total. The number of carbonyl (C=O) groups excluding carboxylic acids is 1. The Balaban J connectivity index is 1.85. The molecule has 0 heterocycles. The van der Waals surface area contributed by atoms with Gasteiger partial charge in [-0.15, -0.1) is 12.6 Å². The lowest BCUT2D eigenvalue weighted by molar-refractivity contribution is 0.0460. The zero-order valence-electron chi connectivity index (χ0n) is 9.49. The average molecular weight is 315 g/mol. The molecular weight excluding hydrogens is 300 g/mol. The van der Waals surface area contributed by atoms with Crippen molar-refractivity contribution in [3.05, 3.63) is 28.2 Å². The fraction of sp³-hybridized carbons (Fsp3) is 0.462. The molecule has 0 spiro atoms. The molecule has 1 aliphatic carbocycles. The molecule has 0 aromatic heterocycles. The molecule has 1 aliphatic rings. The van der Waals surface area contributed by atoms with Crippen LogP contribution < -0.4 is 0 Å². The van der Waals surface area contributed by atoms with Crippen molar-refractivity contribution < 1.29 is 9.53 Å². The highest BCUT2D eigenvalue weighted by molar-refractivity contribution is 9.10. The van der Waals surface area contributed by atoms with Crippen molar-refractivity contribution >= 4 is 34.5 Å². The predicted octanol–water partition coefficient (Wildman–Crippen LogP) is 4.08. The van der Waals surface area contributed by atoms with Crippen LogP contribution in [-0.4, -0.2) is 12.6 Å². The molecule has 0 radical (unpaired) electrons. The van der Waals surface area contributed by atoms with Gasteiger partial charge in [0.25, 0.3) is 0 Å². The van der Waals surface area contributed by atoms with Crippen molar-refractivity contribution in [3.8, 4) is 0 Å². The van der Waals surface area contributed by atoms with Gasteiger partial charge in [-0.3, -0.25) is 0 Å². The smallest absolute Gasteiger partial charge is 0.339 e. The highest BCUT2D eigenvalue weighted by Crippen LogP contribution is 2.29. The lowest BCUT2D eigenvalue weighted by atomic mass is 9.83. The zero-order valence-corrected chi connectivity index (χ0v) is 12.0. The van der Waals surface area contributed by atoms with Gasteiger partial charge >= 0.3 is 5.97 Å². The molecule has 0 saturated heterocycles. The summed E-state index contributed by atoms with van der Waals surface area (Å²) < 4.78 is 6.16. The molecule has 0 unspecified atom stereocenters. The number of hydrogen-bond acceptors (Lipinski definition) is 3. The topological polar surface area (TPSA) is 26.3 Å². The second kappa shape index (κ2) is 5.91. The largest absolute Gasteiger partial charge is 0.462 e. The minimum Gasteiger partial charge on any atom is -0.462 e. The van der Waals surface area contributed by atoms with Crippen LogP contribution in [-0.2, 0) is 4.74 Å². The molecule has 0 bridgehead atoms. The third-order valence-electron chi connectivity index (χ3n) is 3.16. The van der Waals surface area contributed by atoms with Crippen molar-refractivity contribution in [2.45, 2.75) is 30.6 Å². The first-order valence-electron chi connectivity index (χ1n) is 5.82. The first kappa shape index (κ1) is 13.0. The molecule has 1 aromatic rings.